The first-order chi connectivity index (χ1) is 11.5. The van der Waals surface area contributed by atoms with Gasteiger partial charge in [-0.25, -0.2) is 4.79 Å². The average molecular weight is 348 g/mol. The van der Waals surface area contributed by atoms with Crippen LogP contribution < -0.4 is 5.56 Å². The van der Waals surface area contributed by atoms with Gasteiger partial charge in [0.05, 0.1) is 35.2 Å². The van der Waals surface area contributed by atoms with Gasteiger partial charge >= 0.3 is 5.97 Å². The molecule has 1 aromatic carbocycles. The number of fused-ring (bicyclic) bond motifs is 1. The van der Waals surface area contributed by atoms with E-state index in [-0.39, 0.29) is 40.4 Å². The summed E-state index contributed by atoms with van der Waals surface area (Å²) in [6.07, 6.45) is 1.46. The number of aromatic nitrogens is 1. The zero-order valence-corrected chi connectivity index (χ0v) is 13.5. The van der Waals surface area contributed by atoms with E-state index in [2.05, 4.69) is 0 Å². The fraction of sp³-hybridized carbons (Fsp3) is 0.176. The normalized spacial score (nSPS) is 10.9. The zero-order chi connectivity index (χ0) is 17.3. The van der Waals surface area contributed by atoms with Gasteiger partial charge in [-0.3, -0.25) is 9.36 Å². The number of hydrogen-bond donors (Lipinski definition) is 1. The standard InChI is InChI=1S/C17H14ClNO5/c1-2-23-17(22)14-15(20)13-11(6-3-7-12(13)18)16(21)19(14)9-10-5-4-8-24-10/h3-8,20H,2,9H2,1H3. The molecule has 24 heavy (non-hydrogen) atoms. The van der Waals surface area contributed by atoms with Crippen LogP contribution in [0.2, 0.25) is 5.02 Å². The van der Waals surface area contributed by atoms with Gasteiger partial charge in [-0.15, -0.1) is 0 Å². The summed E-state index contributed by atoms with van der Waals surface area (Å²) >= 11 is 6.10. The van der Waals surface area contributed by atoms with Crippen molar-refractivity contribution in [2.24, 2.45) is 0 Å². The minimum Gasteiger partial charge on any atom is -0.505 e. The Hall–Kier alpha value is -2.73. The topological polar surface area (TPSA) is 81.7 Å². The van der Waals surface area contributed by atoms with Crippen molar-refractivity contribution in [3.8, 4) is 5.75 Å². The Bertz CT molecular complexity index is 959. The molecular weight excluding hydrogens is 334 g/mol. The monoisotopic (exact) mass is 347 g/mol. The van der Waals surface area contributed by atoms with Crippen LogP contribution in [-0.2, 0) is 11.3 Å². The summed E-state index contributed by atoms with van der Waals surface area (Å²) < 4.78 is 11.4. The number of aromatic hydroxyl groups is 1. The van der Waals surface area contributed by atoms with Crippen LogP contribution in [0.25, 0.3) is 10.8 Å². The van der Waals surface area contributed by atoms with Gasteiger partial charge in [-0.05, 0) is 31.2 Å². The number of esters is 1. The maximum Gasteiger partial charge on any atom is 0.358 e. The predicted molar refractivity (Wildman–Crippen MR) is 88.6 cm³/mol. The van der Waals surface area contributed by atoms with Gasteiger partial charge in [0.15, 0.2) is 11.4 Å². The van der Waals surface area contributed by atoms with Gasteiger partial charge in [0.1, 0.15) is 5.76 Å². The number of carbonyl (C=O) groups excluding carboxylic acids is 1. The molecule has 0 aliphatic carbocycles. The summed E-state index contributed by atoms with van der Waals surface area (Å²) in [5, 5.41) is 11.1. The van der Waals surface area contributed by atoms with Crippen molar-refractivity contribution in [2.75, 3.05) is 6.61 Å². The van der Waals surface area contributed by atoms with Crippen LogP contribution in [0.5, 0.6) is 5.75 Å². The van der Waals surface area contributed by atoms with Crippen LogP contribution in [0, 0.1) is 0 Å². The molecule has 0 saturated heterocycles. The van der Waals surface area contributed by atoms with Gasteiger partial charge in [0.2, 0.25) is 0 Å². The number of pyridine rings is 1. The van der Waals surface area contributed by atoms with Gasteiger partial charge in [-0.2, -0.15) is 0 Å². The summed E-state index contributed by atoms with van der Waals surface area (Å²) in [7, 11) is 0. The van der Waals surface area contributed by atoms with Crippen LogP contribution in [-0.4, -0.2) is 22.2 Å². The largest absolute Gasteiger partial charge is 0.505 e. The number of ether oxygens (including phenoxy) is 1. The number of halogens is 1. The van der Waals surface area contributed by atoms with E-state index in [0.29, 0.717) is 5.76 Å². The molecule has 3 aromatic rings. The molecule has 0 bridgehead atoms. The number of rotatable bonds is 4. The molecule has 2 heterocycles. The lowest BCUT2D eigenvalue weighted by atomic mass is 10.1. The van der Waals surface area contributed by atoms with Crippen molar-refractivity contribution in [3.05, 3.63) is 63.4 Å². The Morgan fingerprint density at radius 1 is 1.33 bits per heavy atom. The Morgan fingerprint density at radius 2 is 2.12 bits per heavy atom. The number of carbonyl (C=O) groups is 1. The van der Waals surface area contributed by atoms with E-state index in [4.69, 9.17) is 20.8 Å². The molecule has 3 rings (SSSR count). The van der Waals surface area contributed by atoms with Crippen molar-refractivity contribution in [1.29, 1.82) is 0 Å². The second-order valence-corrected chi connectivity index (χ2v) is 5.46. The van der Waals surface area contributed by atoms with Crippen molar-refractivity contribution >= 4 is 28.3 Å². The molecular formula is C17H14ClNO5. The highest BCUT2D eigenvalue weighted by molar-refractivity contribution is 6.36. The third-order valence-corrected chi connectivity index (χ3v) is 3.90. The van der Waals surface area contributed by atoms with Gasteiger partial charge in [0.25, 0.3) is 5.56 Å². The molecule has 0 fully saturated rings. The van der Waals surface area contributed by atoms with Crippen LogP contribution in [0.1, 0.15) is 23.2 Å². The fourth-order valence-electron chi connectivity index (χ4n) is 2.55. The molecule has 2 aromatic heterocycles. The van der Waals surface area contributed by atoms with E-state index in [1.54, 1.807) is 25.1 Å². The van der Waals surface area contributed by atoms with Gasteiger partial charge < -0.3 is 14.3 Å². The lowest BCUT2D eigenvalue weighted by Crippen LogP contribution is -2.28. The molecule has 6 nitrogen and oxygen atoms in total. The van der Waals surface area contributed by atoms with E-state index in [9.17, 15) is 14.7 Å². The van der Waals surface area contributed by atoms with E-state index in [1.165, 1.54) is 18.4 Å². The van der Waals surface area contributed by atoms with Crippen molar-refractivity contribution in [1.82, 2.24) is 4.57 Å². The first-order valence-corrected chi connectivity index (χ1v) is 7.65. The van der Waals surface area contributed by atoms with Gasteiger partial charge in [0, 0.05) is 0 Å². The first-order valence-electron chi connectivity index (χ1n) is 7.28. The van der Waals surface area contributed by atoms with Crippen LogP contribution in [0.3, 0.4) is 0 Å². The number of benzene rings is 1. The smallest absolute Gasteiger partial charge is 0.358 e. The Balaban J connectivity index is 2.34. The zero-order valence-electron chi connectivity index (χ0n) is 12.8. The highest BCUT2D eigenvalue weighted by Crippen LogP contribution is 2.33. The van der Waals surface area contributed by atoms with E-state index < -0.39 is 11.5 Å². The Kier molecular flexibility index (Phi) is 4.31. The molecule has 0 aliphatic rings. The molecule has 7 heteroatoms. The van der Waals surface area contributed by atoms with E-state index in [1.807, 2.05) is 0 Å². The Labute approximate surface area is 141 Å². The van der Waals surface area contributed by atoms with E-state index >= 15 is 0 Å². The third-order valence-electron chi connectivity index (χ3n) is 3.58. The quantitative estimate of drug-likeness (QED) is 0.733. The second-order valence-electron chi connectivity index (χ2n) is 5.05. The fourth-order valence-corrected chi connectivity index (χ4v) is 2.82. The number of nitrogens with zero attached hydrogens (tertiary/aromatic N) is 1. The minimum atomic E-state index is -0.805. The average Bonchev–Trinajstić information content (AvgIpc) is 3.05. The lowest BCUT2D eigenvalue weighted by Gasteiger charge is -2.15. The maximum absolute atomic E-state index is 12.8. The maximum atomic E-state index is 12.8. The third kappa shape index (κ3) is 2.65. The van der Waals surface area contributed by atoms with Gasteiger partial charge in [-0.1, -0.05) is 17.7 Å². The SMILES string of the molecule is CCOC(=O)c1c(O)c2c(Cl)cccc2c(=O)n1Cc1ccco1. The second kappa shape index (κ2) is 6.41. The van der Waals surface area contributed by atoms with Crippen LogP contribution in [0.4, 0.5) is 0 Å². The molecule has 1 N–H and O–H groups in total. The molecule has 0 radical (unpaired) electrons. The Morgan fingerprint density at radius 3 is 2.79 bits per heavy atom. The van der Waals surface area contributed by atoms with Crippen molar-refractivity contribution < 1.29 is 19.1 Å². The molecule has 0 amide bonds. The summed E-state index contributed by atoms with van der Waals surface area (Å²) in [6.45, 7) is 1.72. The van der Waals surface area contributed by atoms with Crippen molar-refractivity contribution in [3.63, 3.8) is 0 Å². The summed E-state index contributed by atoms with van der Waals surface area (Å²) in [6, 6.07) is 8.02. The van der Waals surface area contributed by atoms with Crippen molar-refractivity contribution in [2.45, 2.75) is 13.5 Å². The molecule has 0 atom stereocenters. The number of furan rings is 1. The molecule has 0 aliphatic heterocycles. The van der Waals surface area contributed by atoms with Crippen LogP contribution >= 0.6 is 11.6 Å². The highest BCUT2D eigenvalue weighted by Gasteiger charge is 2.24. The summed E-state index contributed by atoms with van der Waals surface area (Å²) in [4.78, 5) is 25.1. The first kappa shape index (κ1) is 16.1. The number of hydrogen-bond acceptors (Lipinski definition) is 5. The molecule has 124 valence electrons. The predicted octanol–water partition coefficient (Wildman–Crippen LogP) is 3.18. The summed E-state index contributed by atoms with van der Waals surface area (Å²) in [5.41, 5.74) is -0.719. The summed E-state index contributed by atoms with van der Waals surface area (Å²) in [5.74, 6) is -0.732. The van der Waals surface area contributed by atoms with E-state index in [0.717, 1.165) is 4.57 Å². The van der Waals surface area contributed by atoms with Crippen LogP contribution in [0.15, 0.2) is 45.8 Å². The highest BCUT2D eigenvalue weighted by atomic mass is 35.5. The molecule has 0 spiro atoms. The molecule has 0 unspecified atom stereocenters. The minimum absolute atomic E-state index is 0.0179. The lowest BCUT2D eigenvalue weighted by molar-refractivity contribution is 0.0509. The molecule has 0 saturated carbocycles.